The van der Waals surface area contributed by atoms with Crippen LogP contribution in [0.4, 0.5) is 5.88 Å². The van der Waals surface area contributed by atoms with Crippen LogP contribution in [0.5, 0.6) is 11.5 Å². The van der Waals surface area contributed by atoms with Gasteiger partial charge < -0.3 is 19.3 Å². The first kappa shape index (κ1) is 21.9. The summed E-state index contributed by atoms with van der Waals surface area (Å²) in [5, 5.41) is 8.53. The highest BCUT2D eigenvalue weighted by Gasteiger charge is 2.41. The zero-order valence-corrected chi connectivity index (χ0v) is 19.9. The fourth-order valence-electron chi connectivity index (χ4n) is 4.86. The summed E-state index contributed by atoms with van der Waals surface area (Å²) in [7, 11) is 3.20. The summed E-state index contributed by atoms with van der Waals surface area (Å²) in [6, 6.07) is 11.1. The van der Waals surface area contributed by atoms with Crippen LogP contribution in [0.2, 0.25) is 10.0 Å². The maximum absolute atomic E-state index is 13.6. The number of halogens is 2. The van der Waals surface area contributed by atoms with E-state index in [-0.39, 0.29) is 17.6 Å². The van der Waals surface area contributed by atoms with Gasteiger partial charge in [-0.1, -0.05) is 40.5 Å². The van der Waals surface area contributed by atoms with E-state index in [0.29, 0.717) is 45.8 Å². The highest BCUT2D eigenvalue weighted by Crippen LogP contribution is 2.50. The largest absolute Gasteiger partial charge is 0.493 e. The van der Waals surface area contributed by atoms with Gasteiger partial charge in [-0.05, 0) is 54.7 Å². The van der Waals surface area contributed by atoms with Gasteiger partial charge in [0, 0.05) is 33.7 Å². The van der Waals surface area contributed by atoms with Crippen molar-refractivity contribution in [1.29, 1.82) is 0 Å². The summed E-state index contributed by atoms with van der Waals surface area (Å²) >= 11 is 12.7. The van der Waals surface area contributed by atoms with Crippen LogP contribution >= 0.6 is 23.2 Å². The van der Waals surface area contributed by atoms with Crippen LogP contribution in [0.15, 0.2) is 52.2 Å². The molecule has 5 rings (SSSR count). The van der Waals surface area contributed by atoms with Crippen LogP contribution in [-0.2, 0) is 4.79 Å². The number of carbonyl (C=O) groups excluding carboxylic acids is 1. The fourth-order valence-corrected chi connectivity index (χ4v) is 5.38. The second kappa shape index (κ2) is 8.43. The minimum atomic E-state index is -0.369. The number of allylic oxidation sites excluding steroid dienone is 2. The topological polar surface area (TPSA) is 73.6 Å². The molecule has 8 heteroatoms. The standard InChI is InChI=1S/C25H22Cl2N2O4/c1-12-22-23(16-6-5-15(26)11-17(16)27)24-18(28-25(22)33-29-12)8-14(9-19(24)30)13-4-7-20(31-2)21(10-13)32-3/h4-7,10-11,14,23,28H,8-9H2,1-3H3/t14-,23-/m1/s1. The molecule has 0 amide bonds. The van der Waals surface area contributed by atoms with Crippen LogP contribution in [-0.4, -0.2) is 25.2 Å². The number of benzene rings is 2. The maximum atomic E-state index is 13.6. The lowest BCUT2D eigenvalue weighted by atomic mass is 9.72. The smallest absolute Gasteiger partial charge is 0.233 e. The predicted molar refractivity (Wildman–Crippen MR) is 127 cm³/mol. The number of ether oxygens (including phenoxy) is 2. The molecule has 0 saturated carbocycles. The Morgan fingerprint density at radius 1 is 1.06 bits per heavy atom. The van der Waals surface area contributed by atoms with Crippen LogP contribution < -0.4 is 14.8 Å². The third-order valence-corrected chi connectivity index (χ3v) is 6.97. The van der Waals surface area contributed by atoms with Crippen LogP contribution in [0.3, 0.4) is 0 Å². The number of rotatable bonds is 4. The Hall–Kier alpha value is -2.96. The molecule has 170 valence electrons. The first-order valence-electron chi connectivity index (χ1n) is 10.6. The van der Waals surface area contributed by atoms with Crippen molar-refractivity contribution >= 4 is 34.9 Å². The van der Waals surface area contributed by atoms with Gasteiger partial charge in [-0.15, -0.1) is 0 Å². The Morgan fingerprint density at radius 2 is 1.85 bits per heavy atom. The zero-order chi connectivity index (χ0) is 23.3. The Bertz CT molecular complexity index is 1300. The van der Waals surface area contributed by atoms with Gasteiger partial charge in [0.15, 0.2) is 17.3 Å². The van der Waals surface area contributed by atoms with Crippen LogP contribution in [0.1, 0.15) is 47.1 Å². The molecular formula is C25H22Cl2N2O4. The lowest BCUT2D eigenvalue weighted by molar-refractivity contribution is -0.116. The number of fused-ring (bicyclic) bond motifs is 1. The number of nitrogens with one attached hydrogen (secondary N) is 1. The number of Topliss-reactive ketones (excluding diaryl/α,β-unsaturated/α-hetero) is 1. The molecule has 3 aromatic rings. The number of hydrogen-bond acceptors (Lipinski definition) is 6. The molecular weight excluding hydrogens is 463 g/mol. The number of anilines is 1. The quantitative estimate of drug-likeness (QED) is 0.470. The molecule has 2 aliphatic rings. The van der Waals surface area contributed by atoms with Gasteiger partial charge in [0.05, 0.1) is 25.5 Å². The number of aryl methyl sites for hydroxylation is 1. The Morgan fingerprint density at radius 3 is 2.58 bits per heavy atom. The third kappa shape index (κ3) is 3.67. The first-order chi connectivity index (χ1) is 15.9. The van der Waals surface area contributed by atoms with Gasteiger partial charge in [-0.2, -0.15) is 0 Å². The SMILES string of the molecule is COc1ccc([C@H]2CC(=O)C3=C(C2)Nc2onc(C)c2[C@H]3c2ccc(Cl)cc2Cl)cc1OC. The highest BCUT2D eigenvalue weighted by molar-refractivity contribution is 6.35. The summed E-state index contributed by atoms with van der Waals surface area (Å²) < 4.78 is 16.4. The molecule has 1 aliphatic carbocycles. The molecule has 2 aromatic carbocycles. The minimum Gasteiger partial charge on any atom is -0.493 e. The fraction of sp³-hybridized carbons (Fsp3) is 0.280. The van der Waals surface area contributed by atoms with E-state index in [1.807, 2.05) is 31.2 Å². The summed E-state index contributed by atoms with van der Waals surface area (Å²) in [4.78, 5) is 13.6. The molecule has 0 saturated heterocycles. The summed E-state index contributed by atoms with van der Waals surface area (Å²) in [5.41, 5.74) is 4.89. The van der Waals surface area contributed by atoms with Crippen molar-refractivity contribution in [3.05, 3.63) is 80.1 Å². The second-order valence-electron chi connectivity index (χ2n) is 8.27. The van der Waals surface area contributed by atoms with Crippen molar-refractivity contribution in [3.63, 3.8) is 0 Å². The lowest BCUT2D eigenvalue weighted by Gasteiger charge is -2.34. The number of hydrogen-bond donors (Lipinski definition) is 1. The molecule has 0 unspecified atom stereocenters. The first-order valence-corrected chi connectivity index (χ1v) is 11.3. The van der Waals surface area contributed by atoms with E-state index in [0.717, 1.165) is 28.1 Å². The Labute approximate surface area is 201 Å². The predicted octanol–water partition coefficient (Wildman–Crippen LogP) is 6.27. The molecule has 2 heterocycles. The van der Waals surface area contributed by atoms with E-state index in [2.05, 4.69) is 10.5 Å². The van der Waals surface area contributed by atoms with E-state index in [9.17, 15) is 4.79 Å². The Kier molecular flexibility index (Phi) is 5.59. The zero-order valence-electron chi connectivity index (χ0n) is 18.4. The normalized spacial score (nSPS) is 19.6. The van der Waals surface area contributed by atoms with Crippen molar-refractivity contribution in [2.24, 2.45) is 0 Å². The summed E-state index contributed by atoms with van der Waals surface area (Å²) in [5.74, 6) is 1.51. The second-order valence-corrected chi connectivity index (χ2v) is 9.11. The Balaban J connectivity index is 1.60. The van der Waals surface area contributed by atoms with E-state index >= 15 is 0 Å². The number of nitrogens with zero attached hydrogens (tertiary/aromatic N) is 1. The van der Waals surface area contributed by atoms with E-state index < -0.39 is 0 Å². The molecule has 2 atom stereocenters. The molecule has 1 aromatic heterocycles. The van der Waals surface area contributed by atoms with Crippen molar-refractivity contribution in [3.8, 4) is 11.5 Å². The highest BCUT2D eigenvalue weighted by atomic mass is 35.5. The number of methoxy groups -OCH3 is 2. The minimum absolute atomic E-state index is 0.0181. The number of carbonyl (C=O) groups is 1. The average molecular weight is 485 g/mol. The van der Waals surface area contributed by atoms with Gasteiger partial charge >= 0.3 is 0 Å². The molecule has 0 fully saturated rings. The van der Waals surface area contributed by atoms with Gasteiger partial charge in [-0.3, -0.25) is 4.79 Å². The van der Waals surface area contributed by atoms with Crippen LogP contribution in [0, 0.1) is 6.92 Å². The molecule has 0 radical (unpaired) electrons. The van der Waals surface area contributed by atoms with E-state index in [4.69, 9.17) is 37.2 Å². The maximum Gasteiger partial charge on any atom is 0.233 e. The summed E-state index contributed by atoms with van der Waals surface area (Å²) in [6.07, 6.45) is 1.01. The van der Waals surface area contributed by atoms with Crippen molar-refractivity contribution in [2.45, 2.75) is 31.6 Å². The van der Waals surface area contributed by atoms with Gasteiger partial charge in [-0.25, -0.2) is 0 Å². The number of ketones is 1. The van der Waals surface area contributed by atoms with Crippen LogP contribution in [0.25, 0.3) is 0 Å². The van der Waals surface area contributed by atoms with Crippen molar-refractivity contribution < 1.29 is 18.8 Å². The van der Waals surface area contributed by atoms with E-state index in [1.54, 1.807) is 26.4 Å². The van der Waals surface area contributed by atoms with Crippen molar-refractivity contribution in [2.75, 3.05) is 19.5 Å². The summed E-state index contributed by atoms with van der Waals surface area (Å²) in [6.45, 7) is 1.87. The molecule has 0 bridgehead atoms. The lowest BCUT2D eigenvalue weighted by Crippen LogP contribution is -2.29. The van der Waals surface area contributed by atoms with Gasteiger partial charge in [0.1, 0.15) is 0 Å². The average Bonchev–Trinajstić information content (AvgIpc) is 3.17. The third-order valence-electron chi connectivity index (χ3n) is 6.41. The molecule has 6 nitrogen and oxygen atoms in total. The number of aromatic nitrogens is 1. The van der Waals surface area contributed by atoms with Gasteiger partial charge in [0.2, 0.25) is 5.88 Å². The molecule has 33 heavy (non-hydrogen) atoms. The van der Waals surface area contributed by atoms with Crippen molar-refractivity contribution in [1.82, 2.24) is 5.16 Å². The monoisotopic (exact) mass is 484 g/mol. The molecule has 1 N–H and O–H groups in total. The van der Waals surface area contributed by atoms with Gasteiger partial charge in [0.25, 0.3) is 0 Å². The molecule has 1 aliphatic heterocycles. The van der Waals surface area contributed by atoms with E-state index in [1.165, 1.54) is 0 Å². The molecule has 0 spiro atoms.